The largest absolute Gasteiger partial charge is 0.310 e. The van der Waals surface area contributed by atoms with Gasteiger partial charge in [0.05, 0.1) is 5.69 Å². The van der Waals surface area contributed by atoms with Gasteiger partial charge in [0.1, 0.15) is 0 Å². The molecule has 216 valence electrons. The molecule has 0 atom stereocenters. The third kappa shape index (κ3) is 4.46. The van der Waals surface area contributed by atoms with Crippen molar-refractivity contribution in [2.24, 2.45) is 0 Å². The Balaban J connectivity index is 1.26. The van der Waals surface area contributed by atoms with E-state index in [1.54, 1.807) is 0 Å². The van der Waals surface area contributed by atoms with Crippen LogP contribution < -0.4 is 4.90 Å². The minimum Gasteiger partial charge on any atom is -0.310 e. The van der Waals surface area contributed by atoms with Crippen LogP contribution in [0.25, 0.3) is 64.0 Å². The molecule has 0 spiro atoms. The summed E-state index contributed by atoms with van der Waals surface area (Å²) < 4.78 is 2.61. The highest BCUT2D eigenvalue weighted by Gasteiger charge is 2.18. The Hall–Kier alpha value is -5.70. The van der Waals surface area contributed by atoms with E-state index in [1.807, 2.05) is 11.3 Å². The summed E-state index contributed by atoms with van der Waals surface area (Å²) in [5.41, 5.74) is 8.37. The molecule has 1 heterocycles. The summed E-state index contributed by atoms with van der Waals surface area (Å²) in [4.78, 5) is 2.42. The molecular weight excluding hydrogens is 575 g/mol. The summed E-state index contributed by atoms with van der Waals surface area (Å²) in [6.45, 7) is 0. The first-order valence-corrected chi connectivity index (χ1v) is 16.5. The molecule has 0 bridgehead atoms. The number of fused-ring (bicyclic) bond motifs is 6. The maximum atomic E-state index is 2.42. The molecule has 9 rings (SSSR count). The van der Waals surface area contributed by atoms with Crippen LogP contribution in [-0.2, 0) is 0 Å². The maximum Gasteiger partial charge on any atom is 0.0540 e. The van der Waals surface area contributed by atoms with Crippen molar-refractivity contribution < 1.29 is 0 Å². The molecule has 0 aliphatic rings. The quantitative estimate of drug-likeness (QED) is 0.177. The summed E-state index contributed by atoms with van der Waals surface area (Å²) in [6.07, 6.45) is 0. The van der Waals surface area contributed by atoms with Gasteiger partial charge in [-0.1, -0.05) is 140 Å². The summed E-state index contributed by atoms with van der Waals surface area (Å²) in [5, 5.41) is 7.63. The summed E-state index contributed by atoms with van der Waals surface area (Å²) in [7, 11) is 0. The molecule has 8 aromatic carbocycles. The standard InChI is InChI=1S/C44H29NS/c1-3-11-30(12-4-1)31-21-23-33(24-22-31)45(34-25-26-41-40-15-7-8-20-43(40)46-44(41)29-34)42-19-10-18-37-36-17-9-16-35(32-13-5-2-6-14-32)38(36)27-28-39(37)42/h1-29H. The second kappa shape index (κ2) is 11.0. The Kier molecular flexibility index (Phi) is 6.40. The molecular formula is C44H29NS. The predicted octanol–water partition coefficient (Wildman–Crippen LogP) is 13.2. The van der Waals surface area contributed by atoms with Crippen molar-refractivity contribution in [2.45, 2.75) is 0 Å². The molecule has 46 heavy (non-hydrogen) atoms. The first kappa shape index (κ1) is 26.7. The molecule has 0 N–H and O–H groups in total. The summed E-state index contributed by atoms with van der Waals surface area (Å²) in [6, 6.07) is 63.9. The maximum absolute atomic E-state index is 2.42. The van der Waals surface area contributed by atoms with Crippen molar-refractivity contribution in [3.8, 4) is 22.3 Å². The first-order valence-electron chi connectivity index (χ1n) is 15.7. The van der Waals surface area contributed by atoms with Gasteiger partial charge < -0.3 is 4.90 Å². The van der Waals surface area contributed by atoms with Crippen LogP contribution in [0.5, 0.6) is 0 Å². The normalized spacial score (nSPS) is 11.5. The number of benzene rings is 8. The number of hydrogen-bond donors (Lipinski definition) is 0. The molecule has 0 unspecified atom stereocenters. The molecule has 0 fully saturated rings. The monoisotopic (exact) mass is 603 g/mol. The topological polar surface area (TPSA) is 3.24 Å². The third-order valence-corrected chi connectivity index (χ3v) is 10.2. The van der Waals surface area contributed by atoms with Crippen LogP contribution in [0.2, 0.25) is 0 Å². The van der Waals surface area contributed by atoms with E-state index >= 15 is 0 Å². The highest BCUT2D eigenvalue weighted by atomic mass is 32.1. The van der Waals surface area contributed by atoms with Gasteiger partial charge in [-0.15, -0.1) is 11.3 Å². The van der Waals surface area contributed by atoms with Crippen molar-refractivity contribution >= 4 is 70.1 Å². The molecule has 9 aromatic rings. The predicted molar refractivity (Wildman–Crippen MR) is 200 cm³/mol. The lowest BCUT2D eigenvalue weighted by atomic mass is 9.94. The fourth-order valence-electron chi connectivity index (χ4n) is 6.89. The van der Waals surface area contributed by atoms with Crippen LogP contribution in [0.4, 0.5) is 17.1 Å². The molecule has 0 saturated heterocycles. The number of nitrogens with zero attached hydrogens (tertiary/aromatic N) is 1. The van der Waals surface area contributed by atoms with E-state index in [0.717, 1.165) is 17.1 Å². The smallest absolute Gasteiger partial charge is 0.0540 e. The highest BCUT2D eigenvalue weighted by Crippen LogP contribution is 2.44. The van der Waals surface area contributed by atoms with E-state index in [9.17, 15) is 0 Å². The van der Waals surface area contributed by atoms with Crippen molar-refractivity contribution in [3.05, 3.63) is 176 Å². The molecule has 1 aromatic heterocycles. The van der Waals surface area contributed by atoms with Crippen LogP contribution >= 0.6 is 11.3 Å². The van der Waals surface area contributed by atoms with E-state index in [0.29, 0.717) is 0 Å². The van der Waals surface area contributed by atoms with Crippen molar-refractivity contribution in [1.82, 2.24) is 0 Å². The van der Waals surface area contributed by atoms with Crippen LogP contribution in [0.15, 0.2) is 176 Å². The van der Waals surface area contributed by atoms with Gasteiger partial charge in [-0.2, -0.15) is 0 Å². The molecule has 1 nitrogen and oxygen atoms in total. The van der Waals surface area contributed by atoms with Gasteiger partial charge in [-0.25, -0.2) is 0 Å². The first-order chi connectivity index (χ1) is 22.8. The van der Waals surface area contributed by atoms with Gasteiger partial charge in [0.25, 0.3) is 0 Å². The zero-order valence-corrected chi connectivity index (χ0v) is 25.9. The van der Waals surface area contributed by atoms with Gasteiger partial charge in [-0.05, 0) is 74.8 Å². The van der Waals surface area contributed by atoms with Crippen LogP contribution in [-0.4, -0.2) is 0 Å². The second-order valence-corrected chi connectivity index (χ2v) is 12.8. The minimum absolute atomic E-state index is 1.13. The molecule has 2 heteroatoms. The molecule has 0 saturated carbocycles. The molecule has 0 amide bonds. The SMILES string of the molecule is c1ccc(-c2ccc(N(c3ccc4c(c3)sc3ccccc34)c3cccc4c3ccc3c(-c5ccccc5)cccc34)cc2)cc1. The van der Waals surface area contributed by atoms with E-state index in [-0.39, 0.29) is 0 Å². The Morgan fingerprint density at radius 1 is 0.326 bits per heavy atom. The molecule has 0 radical (unpaired) electrons. The van der Waals surface area contributed by atoms with Gasteiger partial charge in [0.15, 0.2) is 0 Å². The highest BCUT2D eigenvalue weighted by molar-refractivity contribution is 7.25. The van der Waals surface area contributed by atoms with Crippen LogP contribution in [0.3, 0.4) is 0 Å². The summed E-state index contributed by atoms with van der Waals surface area (Å²) in [5.74, 6) is 0. The van der Waals surface area contributed by atoms with Crippen molar-refractivity contribution in [1.29, 1.82) is 0 Å². The van der Waals surface area contributed by atoms with Gasteiger partial charge in [0, 0.05) is 36.9 Å². The second-order valence-electron chi connectivity index (χ2n) is 11.7. The van der Waals surface area contributed by atoms with E-state index in [2.05, 4.69) is 181 Å². The van der Waals surface area contributed by atoms with E-state index in [4.69, 9.17) is 0 Å². The van der Waals surface area contributed by atoms with Crippen molar-refractivity contribution in [2.75, 3.05) is 4.90 Å². The Bertz CT molecular complexity index is 2510. The number of anilines is 3. The zero-order valence-electron chi connectivity index (χ0n) is 25.1. The minimum atomic E-state index is 1.13. The van der Waals surface area contributed by atoms with Crippen LogP contribution in [0.1, 0.15) is 0 Å². The third-order valence-electron chi connectivity index (χ3n) is 9.07. The van der Waals surface area contributed by atoms with E-state index in [1.165, 1.54) is 64.0 Å². The Morgan fingerprint density at radius 2 is 0.891 bits per heavy atom. The fraction of sp³-hybridized carbons (Fsp3) is 0. The lowest BCUT2D eigenvalue weighted by Gasteiger charge is -2.27. The number of rotatable bonds is 5. The number of thiophene rings is 1. The number of hydrogen-bond acceptors (Lipinski definition) is 2. The Morgan fingerprint density at radius 3 is 1.70 bits per heavy atom. The van der Waals surface area contributed by atoms with Crippen molar-refractivity contribution in [3.63, 3.8) is 0 Å². The van der Waals surface area contributed by atoms with Gasteiger partial charge in [-0.3, -0.25) is 0 Å². The molecule has 0 aliphatic heterocycles. The summed E-state index contributed by atoms with van der Waals surface area (Å²) >= 11 is 1.86. The zero-order chi connectivity index (χ0) is 30.5. The lowest BCUT2D eigenvalue weighted by Crippen LogP contribution is -2.10. The van der Waals surface area contributed by atoms with Gasteiger partial charge in [0.2, 0.25) is 0 Å². The van der Waals surface area contributed by atoms with E-state index < -0.39 is 0 Å². The average Bonchev–Trinajstić information content (AvgIpc) is 3.50. The fourth-order valence-corrected chi connectivity index (χ4v) is 8.03. The Labute approximate surface area is 272 Å². The average molecular weight is 604 g/mol. The van der Waals surface area contributed by atoms with Gasteiger partial charge >= 0.3 is 0 Å². The van der Waals surface area contributed by atoms with Crippen LogP contribution in [0, 0.1) is 0 Å². The molecule has 0 aliphatic carbocycles. The lowest BCUT2D eigenvalue weighted by molar-refractivity contribution is 1.31.